The molecule has 0 spiro atoms. The average molecular weight is 303 g/mol. The minimum absolute atomic E-state index is 0.0155. The van der Waals surface area contributed by atoms with Gasteiger partial charge in [0.05, 0.1) is 18.4 Å². The van der Waals surface area contributed by atoms with E-state index in [0.29, 0.717) is 6.54 Å². The molecule has 0 aliphatic heterocycles. The monoisotopic (exact) mass is 303 g/mol. The maximum atomic E-state index is 12.0. The summed E-state index contributed by atoms with van der Waals surface area (Å²) >= 11 is 1.49. The summed E-state index contributed by atoms with van der Waals surface area (Å²) in [5, 5.41) is 9.46. The molecular formula is C14H17N5OS. The van der Waals surface area contributed by atoms with Crippen molar-refractivity contribution in [3.05, 3.63) is 51.1 Å². The van der Waals surface area contributed by atoms with E-state index < -0.39 is 0 Å². The molecule has 7 heteroatoms. The molecule has 0 unspecified atom stereocenters. The molecule has 0 radical (unpaired) electrons. The minimum Gasteiger partial charge on any atom is -0.309 e. The molecule has 3 aromatic rings. The first-order valence-corrected chi connectivity index (χ1v) is 7.68. The molecular weight excluding hydrogens is 286 g/mol. The molecule has 0 aromatic carbocycles. The largest absolute Gasteiger partial charge is 0.309 e. The fourth-order valence-electron chi connectivity index (χ4n) is 2.19. The number of nitrogens with one attached hydrogen (secondary N) is 1. The zero-order valence-corrected chi connectivity index (χ0v) is 12.9. The third kappa shape index (κ3) is 3.03. The molecule has 1 N–H and O–H groups in total. The van der Waals surface area contributed by atoms with E-state index in [1.807, 2.05) is 36.3 Å². The number of aryl methyl sites for hydroxylation is 2. The van der Waals surface area contributed by atoms with E-state index in [-0.39, 0.29) is 5.56 Å². The van der Waals surface area contributed by atoms with E-state index in [1.165, 1.54) is 11.3 Å². The zero-order valence-electron chi connectivity index (χ0n) is 12.0. The van der Waals surface area contributed by atoms with Crippen molar-refractivity contribution in [2.75, 3.05) is 6.54 Å². The fourth-order valence-corrected chi connectivity index (χ4v) is 3.08. The lowest BCUT2D eigenvalue weighted by Crippen LogP contribution is -2.22. The van der Waals surface area contributed by atoms with Crippen molar-refractivity contribution in [1.29, 1.82) is 0 Å². The standard InChI is InChI=1S/C14H17N5OS/c1-10-6-16-18(8-10)4-3-15-7-12-5-13(20)19-11(2)9-21-14(19)17-12/h5-6,8-9,15H,3-4,7H2,1-2H3. The summed E-state index contributed by atoms with van der Waals surface area (Å²) in [5.41, 5.74) is 2.85. The lowest BCUT2D eigenvalue weighted by molar-refractivity contribution is 0.551. The van der Waals surface area contributed by atoms with Crippen molar-refractivity contribution >= 4 is 16.3 Å². The van der Waals surface area contributed by atoms with Gasteiger partial charge < -0.3 is 5.32 Å². The van der Waals surface area contributed by atoms with Gasteiger partial charge in [-0.05, 0) is 19.4 Å². The molecule has 0 amide bonds. The van der Waals surface area contributed by atoms with Gasteiger partial charge in [-0.25, -0.2) is 4.98 Å². The Morgan fingerprint density at radius 1 is 1.38 bits per heavy atom. The first-order valence-electron chi connectivity index (χ1n) is 6.80. The zero-order chi connectivity index (χ0) is 14.8. The quantitative estimate of drug-likeness (QED) is 0.723. The van der Waals surface area contributed by atoms with Crippen LogP contribution in [-0.2, 0) is 13.1 Å². The van der Waals surface area contributed by atoms with Crippen LogP contribution in [0.3, 0.4) is 0 Å². The van der Waals surface area contributed by atoms with Crippen molar-refractivity contribution in [2.24, 2.45) is 0 Å². The predicted octanol–water partition coefficient (Wildman–Crippen LogP) is 1.36. The lowest BCUT2D eigenvalue weighted by Gasteiger charge is -2.05. The van der Waals surface area contributed by atoms with Crippen LogP contribution in [0.25, 0.3) is 4.96 Å². The molecule has 0 saturated carbocycles. The number of aromatic nitrogens is 4. The van der Waals surface area contributed by atoms with E-state index in [9.17, 15) is 4.79 Å². The van der Waals surface area contributed by atoms with Crippen LogP contribution in [0.15, 0.2) is 28.6 Å². The van der Waals surface area contributed by atoms with Gasteiger partial charge in [-0.1, -0.05) is 0 Å². The van der Waals surface area contributed by atoms with Crippen LogP contribution in [0.2, 0.25) is 0 Å². The molecule has 0 bridgehead atoms. The fraction of sp³-hybridized carbons (Fsp3) is 0.357. The average Bonchev–Trinajstić information content (AvgIpc) is 3.02. The Morgan fingerprint density at radius 2 is 2.24 bits per heavy atom. The van der Waals surface area contributed by atoms with Gasteiger partial charge in [0, 0.05) is 36.4 Å². The molecule has 110 valence electrons. The molecule has 0 atom stereocenters. The Balaban J connectivity index is 1.61. The molecule has 3 rings (SSSR count). The van der Waals surface area contributed by atoms with Gasteiger partial charge in [0.2, 0.25) is 0 Å². The minimum atomic E-state index is -0.0155. The Morgan fingerprint density at radius 3 is 3.00 bits per heavy atom. The SMILES string of the molecule is Cc1cnn(CCNCc2cc(=O)n3c(C)csc3n2)c1. The third-order valence-corrected chi connectivity index (χ3v) is 4.16. The van der Waals surface area contributed by atoms with E-state index in [4.69, 9.17) is 0 Å². The first-order chi connectivity index (χ1) is 10.1. The summed E-state index contributed by atoms with van der Waals surface area (Å²) in [6, 6.07) is 1.60. The van der Waals surface area contributed by atoms with E-state index in [2.05, 4.69) is 15.4 Å². The summed E-state index contributed by atoms with van der Waals surface area (Å²) in [4.78, 5) is 17.3. The van der Waals surface area contributed by atoms with Gasteiger partial charge in [0.1, 0.15) is 0 Å². The summed E-state index contributed by atoms with van der Waals surface area (Å²) in [5.74, 6) is 0. The summed E-state index contributed by atoms with van der Waals surface area (Å²) in [6.07, 6.45) is 3.85. The van der Waals surface area contributed by atoms with Crippen molar-refractivity contribution in [2.45, 2.75) is 26.9 Å². The second-order valence-corrected chi connectivity index (χ2v) is 5.87. The van der Waals surface area contributed by atoms with E-state index in [1.54, 1.807) is 10.5 Å². The van der Waals surface area contributed by atoms with Crippen molar-refractivity contribution in [1.82, 2.24) is 24.5 Å². The molecule has 0 aliphatic rings. The van der Waals surface area contributed by atoms with E-state index >= 15 is 0 Å². The highest BCUT2D eigenvalue weighted by Gasteiger charge is 2.06. The van der Waals surface area contributed by atoms with Gasteiger partial charge in [-0.2, -0.15) is 5.10 Å². The molecule has 6 nitrogen and oxygen atoms in total. The molecule has 3 aromatic heterocycles. The number of hydrogen-bond donors (Lipinski definition) is 1. The highest BCUT2D eigenvalue weighted by atomic mass is 32.1. The Labute approximate surface area is 126 Å². The summed E-state index contributed by atoms with van der Waals surface area (Å²) in [6.45, 7) is 6.10. The third-order valence-electron chi connectivity index (χ3n) is 3.21. The van der Waals surface area contributed by atoms with Crippen molar-refractivity contribution in [3.8, 4) is 0 Å². The second kappa shape index (κ2) is 5.79. The summed E-state index contributed by atoms with van der Waals surface area (Å²) in [7, 11) is 0. The number of rotatable bonds is 5. The smallest absolute Gasteiger partial charge is 0.259 e. The Bertz CT molecular complexity index is 816. The van der Waals surface area contributed by atoms with Gasteiger partial charge in [0.15, 0.2) is 4.96 Å². The van der Waals surface area contributed by atoms with Crippen LogP contribution >= 0.6 is 11.3 Å². The maximum absolute atomic E-state index is 12.0. The Kier molecular flexibility index (Phi) is 3.85. The van der Waals surface area contributed by atoms with Crippen LogP contribution in [0, 0.1) is 13.8 Å². The maximum Gasteiger partial charge on any atom is 0.259 e. The van der Waals surface area contributed by atoms with Gasteiger partial charge in [-0.3, -0.25) is 13.9 Å². The predicted molar refractivity (Wildman–Crippen MR) is 82.7 cm³/mol. The molecule has 0 fully saturated rings. The van der Waals surface area contributed by atoms with Gasteiger partial charge in [0.25, 0.3) is 5.56 Å². The van der Waals surface area contributed by atoms with Crippen LogP contribution in [0.5, 0.6) is 0 Å². The normalized spacial score (nSPS) is 11.3. The highest BCUT2D eigenvalue weighted by molar-refractivity contribution is 7.15. The van der Waals surface area contributed by atoms with Crippen molar-refractivity contribution < 1.29 is 0 Å². The van der Waals surface area contributed by atoms with Crippen LogP contribution in [0.1, 0.15) is 17.0 Å². The van der Waals surface area contributed by atoms with Crippen molar-refractivity contribution in [3.63, 3.8) is 0 Å². The summed E-state index contributed by atoms with van der Waals surface area (Å²) < 4.78 is 3.54. The molecule has 0 saturated heterocycles. The topological polar surface area (TPSA) is 64.2 Å². The number of nitrogens with zero attached hydrogens (tertiary/aromatic N) is 4. The highest BCUT2D eigenvalue weighted by Crippen LogP contribution is 2.11. The second-order valence-electron chi connectivity index (χ2n) is 5.04. The first kappa shape index (κ1) is 14.0. The Hall–Kier alpha value is -1.99. The molecule has 0 aliphatic carbocycles. The lowest BCUT2D eigenvalue weighted by atomic mass is 10.4. The number of fused-ring (bicyclic) bond motifs is 1. The number of hydrogen-bond acceptors (Lipinski definition) is 5. The van der Waals surface area contributed by atoms with Crippen LogP contribution < -0.4 is 10.9 Å². The van der Waals surface area contributed by atoms with Crippen LogP contribution in [-0.4, -0.2) is 25.7 Å². The molecule has 21 heavy (non-hydrogen) atoms. The van der Waals surface area contributed by atoms with Crippen LogP contribution in [0.4, 0.5) is 0 Å². The van der Waals surface area contributed by atoms with Gasteiger partial charge in [-0.15, -0.1) is 11.3 Å². The number of thiazole rings is 1. The molecule has 3 heterocycles. The van der Waals surface area contributed by atoms with E-state index in [0.717, 1.165) is 35.0 Å². The van der Waals surface area contributed by atoms with Gasteiger partial charge >= 0.3 is 0 Å².